The van der Waals surface area contributed by atoms with Crippen LogP contribution in [0.25, 0.3) is 5.65 Å². The molecule has 2 aromatic heterocycles. The Morgan fingerprint density at radius 2 is 2.10 bits per heavy atom. The van der Waals surface area contributed by atoms with E-state index in [1.807, 2.05) is 6.92 Å². The van der Waals surface area contributed by atoms with E-state index in [9.17, 15) is 18.2 Å². The van der Waals surface area contributed by atoms with E-state index in [0.717, 1.165) is 30.7 Å². The zero-order valence-corrected chi connectivity index (χ0v) is 17.8. The Hall–Kier alpha value is -3.05. The van der Waals surface area contributed by atoms with E-state index in [1.165, 1.54) is 10.6 Å². The average Bonchev–Trinajstić information content (AvgIpc) is 3.15. The van der Waals surface area contributed by atoms with Gasteiger partial charge in [-0.05, 0) is 51.3 Å². The van der Waals surface area contributed by atoms with Gasteiger partial charge in [0.15, 0.2) is 0 Å². The summed E-state index contributed by atoms with van der Waals surface area (Å²) in [5.41, 5.74) is 2.24. The quantitative estimate of drug-likeness (QED) is 0.531. The fourth-order valence-electron chi connectivity index (χ4n) is 3.93. The summed E-state index contributed by atoms with van der Waals surface area (Å²) in [5, 5.41) is 4.46. The van der Waals surface area contributed by atoms with Crippen LogP contribution in [0, 0.1) is 19.7 Å². The van der Waals surface area contributed by atoms with Gasteiger partial charge in [-0.2, -0.15) is 9.61 Å². The number of fused-ring (bicyclic) bond motifs is 1. The van der Waals surface area contributed by atoms with Gasteiger partial charge in [-0.1, -0.05) is 0 Å². The van der Waals surface area contributed by atoms with Crippen molar-refractivity contribution in [3.8, 4) is 0 Å². The summed E-state index contributed by atoms with van der Waals surface area (Å²) in [6.07, 6.45) is 2.31. The molecule has 1 amide bonds. The standard InChI is InChI=1S/C20H22FN5O4S/c1-11-12(2)22-18-10-16(23-26(18)19(11)27)17-5-3-4-8-25(17)20(28)14-7-6-13(21)9-15(14)24-31(29)30/h6-7,9-10,17,22,24H,3-5,8H2,1-2H3,(H,29,30)/t17-/m0/s1. The second-order valence-corrected chi connectivity index (χ2v) is 8.30. The molecule has 1 aliphatic heterocycles. The monoisotopic (exact) mass is 447 g/mol. The van der Waals surface area contributed by atoms with Crippen LogP contribution in [0.2, 0.25) is 0 Å². The summed E-state index contributed by atoms with van der Waals surface area (Å²) in [6, 6.07) is 4.81. The van der Waals surface area contributed by atoms with Crippen molar-refractivity contribution in [2.24, 2.45) is 0 Å². The first-order valence-electron chi connectivity index (χ1n) is 9.83. The Bertz CT molecular complexity index is 1250. The predicted molar refractivity (Wildman–Crippen MR) is 114 cm³/mol. The molecule has 0 bridgehead atoms. The second-order valence-electron chi connectivity index (χ2n) is 7.60. The summed E-state index contributed by atoms with van der Waals surface area (Å²) in [5.74, 6) is -1.04. The Labute approximate surface area is 179 Å². The van der Waals surface area contributed by atoms with Crippen molar-refractivity contribution in [1.29, 1.82) is 0 Å². The molecule has 3 heterocycles. The Kier molecular flexibility index (Phi) is 5.63. The van der Waals surface area contributed by atoms with Crippen LogP contribution >= 0.6 is 0 Å². The van der Waals surface area contributed by atoms with Gasteiger partial charge < -0.3 is 9.88 Å². The number of nitrogens with one attached hydrogen (secondary N) is 2. The number of benzene rings is 1. The van der Waals surface area contributed by atoms with Crippen molar-refractivity contribution >= 4 is 28.5 Å². The first-order chi connectivity index (χ1) is 14.8. The van der Waals surface area contributed by atoms with Crippen LogP contribution < -0.4 is 10.3 Å². The number of amides is 1. The number of aromatic amines is 1. The number of hydrogen-bond donors (Lipinski definition) is 3. The molecular weight excluding hydrogens is 425 g/mol. The highest BCUT2D eigenvalue weighted by molar-refractivity contribution is 7.80. The van der Waals surface area contributed by atoms with Gasteiger partial charge in [0.1, 0.15) is 11.5 Å². The minimum atomic E-state index is -2.46. The first-order valence-corrected chi connectivity index (χ1v) is 10.9. The number of halogens is 1. The van der Waals surface area contributed by atoms with Crippen molar-refractivity contribution in [3.63, 3.8) is 0 Å². The lowest BCUT2D eigenvalue weighted by molar-refractivity contribution is 0.0606. The number of carbonyl (C=O) groups excluding carboxylic acids is 1. The lowest BCUT2D eigenvalue weighted by Gasteiger charge is -2.35. The van der Waals surface area contributed by atoms with Crippen LogP contribution in [0.5, 0.6) is 0 Å². The molecule has 0 radical (unpaired) electrons. The minimum absolute atomic E-state index is 0.0633. The summed E-state index contributed by atoms with van der Waals surface area (Å²) < 4.78 is 37.6. The van der Waals surface area contributed by atoms with E-state index in [4.69, 9.17) is 4.55 Å². The molecule has 3 aromatic rings. The molecule has 11 heteroatoms. The summed E-state index contributed by atoms with van der Waals surface area (Å²) in [6.45, 7) is 3.98. The van der Waals surface area contributed by atoms with E-state index >= 15 is 0 Å². The van der Waals surface area contributed by atoms with Crippen molar-refractivity contribution in [2.45, 2.75) is 39.2 Å². The maximum Gasteiger partial charge on any atom is 0.277 e. The molecule has 164 valence electrons. The van der Waals surface area contributed by atoms with Gasteiger partial charge in [-0.15, -0.1) is 0 Å². The largest absolute Gasteiger partial charge is 0.343 e. The van der Waals surface area contributed by atoms with E-state index in [1.54, 1.807) is 17.9 Å². The lowest BCUT2D eigenvalue weighted by atomic mass is 9.98. The number of aryl methyl sites for hydroxylation is 1. The highest BCUT2D eigenvalue weighted by Crippen LogP contribution is 2.33. The highest BCUT2D eigenvalue weighted by atomic mass is 32.2. The van der Waals surface area contributed by atoms with Crippen molar-refractivity contribution in [3.05, 3.63) is 63.0 Å². The molecule has 3 N–H and O–H groups in total. The van der Waals surface area contributed by atoms with Crippen molar-refractivity contribution in [1.82, 2.24) is 19.5 Å². The lowest BCUT2D eigenvalue weighted by Crippen LogP contribution is -2.39. The number of nitrogens with zero attached hydrogens (tertiary/aromatic N) is 3. The Balaban J connectivity index is 1.74. The smallest absolute Gasteiger partial charge is 0.277 e. The highest BCUT2D eigenvalue weighted by Gasteiger charge is 2.32. The normalized spacial score (nSPS) is 17.7. The fourth-order valence-corrected chi connectivity index (χ4v) is 4.29. The van der Waals surface area contributed by atoms with Gasteiger partial charge in [0.2, 0.25) is 0 Å². The summed E-state index contributed by atoms with van der Waals surface area (Å²) in [4.78, 5) is 30.7. The number of aromatic nitrogens is 3. The SMILES string of the molecule is Cc1[nH]c2cc([C@@H]3CCCCN3C(=O)c3ccc(F)cc3NS(=O)O)nn2c(=O)c1C. The molecule has 31 heavy (non-hydrogen) atoms. The molecule has 1 aromatic carbocycles. The molecular formula is C20H22FN5O4S. The number of carbonyl (C=O) groups is 1. The van der Waals surface area contributed by atoms with E-state index < -0.39 is 23.0 Å². The number of anilines is 1. The van der Waals surface area contributed by atoms with Crippen molar-refractivity contribution < 1.29 is 17.9 Å². The molecule has 1 saturated heterocycles. The van der Waals surface area contributed by atoms with Crippen LogP contribution in [-0.2, 0) is 11.3 Å². The molecule has 9 nitrogen and oxygen atoms in total. The third-order valence-electron chi connectivity index (χ3n) is 5.63. The molecule has 1 unspecified atom stereocenters. The maximum absolute atomic E-state index is 13.7. The van der Waals surface area contributed by atoms with Crippen LogP contribution in [0.1, 0.15) is 52.6 Å². The third kappa shape index (κ3) is 3.98. The molecule has 1 fully saturated rings. The molecule has 4 rings (SSSR count). The van der Waals surface area contributed by atoms with Gasteiger partial charge in [-0.3, -0.25) is 18.9 Å². The second kappa shape index (κ2) is 8.23. The first kappa shape index (κ1) is 21.2. The van der Waals surface area contributed by atoms with Crippen molar-refractivity contribution in [2.75, 3.05) is 11.3 Å². The number of H-pyrrole nitrogens is 1. The minimum Gasteiger partial charge on any atom is -0.343 e. The molecule has 0 aliphatic carbocycles. The van der Waals surface area contributed by atoms with Gasteiger partial charge in [0.05, 0.1) is 23.0 Å². The topological polar surface area (TPSA) is 120 Å². The van der Waals surface area contributed by atoms with E-state index in [2.05, 4.69) is 14.8 Å². The predicted octanol–water partition coefficient (Wildman–Crippen LogP) is 2.69. The molecule has 1 aliphatic rings. The summed E-state index contributed by atoms with van der Waals surface area (Å²) >= 11 is -2.46. The van der Waals surface area contributed by atoms with Gasteiger partial charge in [0, 0.05) is 23.9 Å². The molecule has 0 saturated carbocycles. The van der Waals surface area contributed by atoms with E-state index in [-0.39, 0.29) is 22.9 Å². The van der Waals surface area contributed by atoms with Crippen LogP contribution in [-0.4, -0.2) is 40.7 Å². The van der Waals surface area contributed by atoms with Gasteiger partial charge in [0.25, 0.3) is 22.7 Å². The van der Waals surface area contributed by atoms with Gasteiger partial charge >= 0.3 is 0 Å². The Morgan fingerprint density at radius 1 is 1.32 bits per heavy atom. The van der Waals surface area contributed by atoms with Gasteiger partial charge in [-0.25, -0.2) is 8.60 Å². The maximum atomic E-state index is 13.7. The number of likely N-dealkylation sites (tertiary alicyclic amines) is 1. The number of piperidine rings is 1. The number of hydrogen-bond acceptors (Lipinski definition) is 4. The number of rotatable bonds is 4. The van der Waals surface area contributed by atoms with E-state index in [0.29, 0.717) is 29.9 Å². The fraction of sp³-hybridized carbons (Fsp3) is 0.350. The third-order valence-corrected chi connectivity index (χ3v) is 6.03. The molecule has 2 atom stereocenters. The molecule has 0 spiro atoms. The Morgan fingerprint density at radius 3 is 2.84 bits per heavy atom. The van der Waals surface area contributed by atoms with Crippen LogP contribution in [0.3, 0.4) is 0 Å². The zero-order chi connectivity index (χ0) is 22.3. The summed E-state index contributed by atoms with van der Waals surface area (Å²) in [7, 11) is 0. The average molecular weight is 447 g/mol. The van der Waals surface area contributed by atoms with Crippen LogP contribution in [0.4, 0.5) is 10.1 Å². The van der Waals surface area contributed by atoms with Crippen LogP contribution in [0.15, 0.2) is 29.1 Å². The zero-order valence-electron chi connectivity index (χ0n) is 17.0.